The molecule has 3 rings (SSSR count). The number of hydrogen-bond acceptors (Lipinski definition) is 6. The number of hydrogen-bond donors (Lipinski definition) is 2. The Balaban J connectivity index is 1.61. The average molecular weight is 432 g/mol. The number of aromatic nitrogens is 4. The van der Waals surface area contributed by atoms with Gasteiger partial charge in [-0.2, -0.15) is 5.10 Å². The molecule has 2 N–H and O–H groups in total. The quantitative estimate of drug-likeness (QED) is 0.394. The van der Waals surface area contributed by atoms with Gasteiger partial charge in [-0.15, -0.1) is 0 Å². The summed E-state index contributed by atoms with van der Waals surface area (Å²) in [6.45, 7) is 6.63. The Labute approximate surface area is 179 Å². The maximum atomic E-state index is 12.6. The van der Waals surface area contributed by atoms with Gasteiger partial charge in [0, 0.05) is 24.5 Å². The second kappa shape index (κ2) is 9.75. The van der Waals surface area contributed by atoms with Crippen LogP contribution in [0, 0.1) is 6.92 Å². The van der Waals surface area contributed by atoms with Crippen LogP contribution in [0.2, 0.25) is 5.02 Å². The molecule has 3 aromatic rings. The van der Waals surface area contributed by atoms with Crippen molar-refractivity contribution in [3.63, 3.8) is 0 Å². The predicted octanol–water partition coefficient (Wildman–Crippen LogP) is 3.82. The highest BCUT2D eigenvalue weighted by atomic mass is 35.5. The molecule has 0 radical (unpaired) electrons. The second-order valence-corrected chi connectivity index (χ2v) is 7.86. The van der Waals surface area contributed by atoms with Gasteiger partial charge in [0.2, 0.25) is 5.95 Å². The van der Waals surface area contributed by atoms with Gasteiger partial charge in [0.25, 0.3) is 5.56 Å². The van der Waals surface area contributed by atoms with Crippen LogP contribution in [-0.2, 0) is 22.6 Å². The maximum absolute atomic E-state index is 12.6. The number of unbranched alkanes of at least 4 members (excludes halogenated alkanes) is 1. The molecule has 0 fully saturated rings. The Morgan fingerprint density at radius 2 is 2.13 bits per heavy atom. The van der Waals surface area contributed by atoms with Crippen molar-refractivity contribution >= 4 is 34.6 Å². The van der Waals surface area contributed by atoms with Gasteiger partial charge in [0.1, 0.15) is 5.52 Å². The average Bonchev–Trinajstić information content (AvgIpc) is 3.09. The Bertz CT molecular complexity index is 1090. The summed E-state index contributed by atoms with van der Waals surface area (Å²) in [5, 5.41) is 8.13. The molecule has 0 atom stereocenters. The lowest BCUT2D eigenvalue weighted by Crippen LogP contribution is -2.16. The van der Waals surface area contributed by atoms with Gasteiger partial charge < -0.3 is 10.1 Å². The van der Waals surface area contributed by atoms with E-state index in [1.165, 1.54) is 0 Å². The molecule has 8 nitrogen and oxygen atoms in total. The van der Waals surface area contributed by atoms with Gasteiger partial charge in [0.05, 0.1) is 12.3 Å². The highest BCUT2D eigenvalue weighted by Crippen LogP contribution is 2.17. The van der Waals surface area contributed by atoms with E-state index in [1.807, 2.05) is 39.0 Å². The molecular weight excluding hydrogens is 406 g/mol. The maximum Gasteiger partial charge on any atom is 0.306 e. The first-order chi connectivity index (χ1) is 14.3. The van der Waals surface area contributed by atoms with Crippen LogP contribution in [0.3, 0.4) is 0 Å². The van der Waals surface area contributed by atoms with Crippen LogP contribution in [0.5, 0.6) is 0 Å². The van der Waals surface area contributed by atoms with Crippen LogP contribution >= 0.6 is 11.6 Å². The number of carbonyl (C=O) groups excluding carboxylic acids is 1. The van der Waals surface area contributed by atoms with Gasteiger partial charge >= 0.3 is 5.97 Å². The smallest absolute Gasteiger partial charge is 0.306 e. The van der Waals surface area contributed by atoms with Crippen molar-refractivity contribution in [2.45, 2.75) is 59.2 Å². The number of fused-ring (bicyclic) bond motifs is 1. The van der Waals surface area contributed by atoms with E-state index in [9.17, 15) is 9.59 Å². The number of anilines is 1. The predicted molar refractivity (Wildman–Crippen MR) is 117 cm³/mol. The number of aromatic amines is 1. The van der Waals surface area contributed by atoms with Crippen molar-refractivity contribution < 1.29 is 9.53 Å². The summed E-state index contributed by atoms with van der Waals surface area (Å²) < 4.78 is 6.74. The summed E-state index contributed by atoms with van der Waals surface area (Å²) in [6, 6.07) is 5.76. The fourth-order valence-electron chi connectivity index (χ4n) is 3.11. The lowest BCUT2D eigenvalue weighted by Gasteiger charge is -2.08. The highest BCUT2D eigenvalue weighted by molar-refractivity contribution is 6.31. The topological polar surface area (TPSA) is 102 Å². The van der Waals surface area contributed by atoms with E-state index >= 15 is 0 Å². The Hall–Kier alpha value is -2.87. The second-order valence-electron chi connectivity index (χ2n) is 7.45. The molecule has 1 aromatic carbocycles. The number of rotatable bonds is 9. The minimum Gasteiger partial charge on any atom is -0.463 e. The molecule has 0 saturated carbocycles. The number of nitrogens with zero attached hydrogens (tertiary/aromatic N) is 3. The molecule has 0 spiro atoms. The van der Waals surface area contributed by atoms with E-state index in [1.54, 1.807) is 10.9 Å². The fourth-order valence-corrected chi connectivity index (χ4v) is 3.23. The third-order valence-corrected chi connectivity index (χ3v) is 4.97. The first-order valence-corrected chi connectivity index (χ1v) is 10.4. The molecule has 0 aliphatic rings. The third kappa shape index (κ3) is 5.60. The van der Waals surface area contributed by atoms with Crippen LogP contribution in [0.4, 0.5) is 5.95 Å². The number of carbonyl (C=O) groups is 1. The number of esters is 1. The highest BCUT2D eigenvalue weighted by Gasteiger charge is 2.11. The van der Waals surface area contributed by atoms with E-state index in [2.05, 4.69) is 20.4 Å². The molecular formula is C21H26ClN5O3. The van der Waals surface area contributed by atoms with Crippen molar-refractivity contribution in [3.8, 4) is 0 Å². The molecule has 30 heavy (non-hydrogen) atoms. The first-order valence-electron chi connectivity index (χ1n) is 9.97. The molecule has 160 valence electrons. The number of halogens is 1. The molecule has 0 unspecified atom stereocenters. The van der Waals surface area contributed by atoms with Crippen LogP contribution in [0.15, 0.2) is 29.2 Å². The molecule has 0 aliphatic carbocycles. The minimum atomic E-state index is -0.258. The summed E-state index contributed by atoms with van der Waals surface area (Å²) in [6.07, 6.45) is 3.20. The van der Waals surface area contributed by atoms with E-state index < -0.39 is 0 Å². The molecule has 2 heterocycles. The van der Waals surface area contributed by atoms with Crippen molar-refractivity contribution in [1.82, 2.24) is 19.7 Å². The van der Waals surface area contributed by atoms with Crippen LogP contribution in [0.25, 0.3) is 11.0 Å². The molecule has 2 aromatic heterocycles. The fraction of sp³-hybridized carbons (Fsp3) is 0.429. The molecule has 0 saturated heterocycles. The van der Waals surface area contributed by atoms with Crippen molar-refractivity contribution in [2.75, 3.05) is 5.32 Å². The number of aryl methyl sites for hydroxylation is 2. The van der Waals surface area contributed by atoms with E-state index in [4.69, 9.17) is 16.3 Å². The van der Waals surface area contributed by atoms with Crippen molar-refractivity contribution in [2.24, 2.45) is 0 Å². The monoisotopic (exact) mass is 431 g/mol. The number of ether oxygens (including phenoxy) is 1. The molecule has 9 heteroatoms. The lowest BCUT2D eigenvalue weighted by molar-refractivity contribution is -0.147. The van der Waals surface area contributed by atoms with Crippen LogP contribution in [0.1, 0.15) is 44.2 Å². The van der Waals surface area contributed by atoms with E-state index in [0.29, 0.717) is 49.3 Å². The van der Waals surface area contributed by atoms with Crippen LogP contribution in [-0.4, -0.2) is 31.8 Å². The SMILES string of the molecule is Cc1cc(CNc2nc3cnn(CCCCC(=O)OC(C)C)c3c(=O)[nH]2)ccc1Cl. The zero-order valence-electron chi connectivity index (χ0n) is 17.4. The number of nitrogens with one attached hydrogen (secondary N) is 2. The van der Waals surface area contributed by atoms with Gasteiger partial charge in [-0.1, -0.05) is 23.7 Å². The van der Waals surface area contributed by atoms with Crippen molar-refractivity contribution in [3.05, 3.63) is 50.9 Å². The summed E-state index contributed by atoms with van der Waals surface area (Å²) in [4.78, 5) is 31.4. The minimum absolute atomic E-state index is 0.108. The summed E-state index contributed by atoms with van der Waals surface area (Å²) in [5.41, 5.74) is 2.71. The summed E-state index contributed by atoms with van der Waals surface area (Å²) in [5.74, 6) is 0.178. The van der Waals surface area contributed by atoms with Gasteiger partial charge in [-0.25, -0.2) is 4.98 Å². The normalized spacial score (nSPS) is 11.2. The zero-order chi connectivity index (χ0) is 21.7. The van der Waals surface area contributed by atoms with Gasteiger partial charge in [0.15, 0.2) is 5.52 Å². The summed E-state index contributed by atoms with van der Waals surface area (Å²) in [7, 11) is 0. The Morgan fingerprint density at radius 1 is 1.33 bits per heavy atom. The van der Waals surface area contributed by atoms with Crippen molar-refractivity contribution in [1.29, 1.82) is 0 Å². The number of H-pyrrole nitrogens is 1. The standard InChI is InChI=1S/C21H26ClN5O3/c1-13(2)30-18(28)6-4-5-9-27-19-17(12-24-27)25-21(26-20(19)29)23-11-15-7-8-16(22)14(3)10-15/h7-8,10,12-13H,4-6,9,11H2,1-3H3,(H2,23,25,26,29). The largest absolute Gasteiger partial charge is 0.463 e. The van der Waals surface area contributed by atoms with Crippen LogP contribution < -0.4 is 10.9 Å². The van der Waals surface area contributed by atoms with E-state index in [-0.39, 0.29) is 17.6 Å². The lowest BCUT2D eigenvalue weighted by atomic mass is 10.1. The van der Waals surface area contributed by atoms with E-state index in [0.717, 1.165) is 16.1 Å². The van der Waals surface area contributed by atoms with Gasteiger partial charge in [-0.3, -0.25) is 19.3 Å². The summed E-state index contributed by atoms with van der Waals surface area (Å²) >= 11 is 6.05. The first kappa shape index (κ1) is 21.8. The molecule has 0 amide bonds. The third-order valence-electron chi connectivity index (χ3n) is 4.55. The number of benzene rings is 1. The molecule has 0 bridgehead atoms. The Morgan fingerprint density at radius 3 is 2.87 bits per heavy atom. The van der Waals surface area contributed by atoms with Gasteiger partial charge in [-0.05, 0) is 50.8 Å². The molecule has 0 aliphatic heterocycles. The Kier molecular flexibility index (Phi) is 7.10. The zero-order valence-corrected chi connectivity index (χ0v) is 18.1.